The van der Waals surface area contributed by atoms with Gasteiger partial charge in [-0.25, -0.2) is 8.42 Å². The Morgan fingerprint density at radius 3 is 2.44 bits per heavy atom. The Bertz CT molecular complexity index is 459. The highest BCUT2D eigenvalue weighted by atomic mass is 32.2. The van der Waals surface area contributed by atoms with Crippen molar-refractivity contribution in [3.05, 3.63) is 24.3 Å². The lowest BCUT2D eigenvalue weighted by atomic mass is 10.3. The Balaban J connectivity index is 2.46. The maximum atomic E-state index is 11.6. The molecule has 0 fully saturated rings. The molecule has 0 atom stereocenters. The molecule has 0 radical (unpaired) electrons. The number of benzene rings is 1. The second-order valence-corrected chi connectivity index (χ2v) is 6.10. The summed E-state index contributed by atoms with van der Waals surface area (Å²) in [6.07, 6.45) is 0.483. The molecule has 1 aromatic carbocycles. The van der Waals surface area contributed by atoms with Gasteiger partial charge in [-0.3, -0.25) is 0 Å². The molecule has 0 amide bonds. The minimum absolute atomic E-state index is 0.00888. The Labute approximate surface area is 108 Å². The fourth-order valence-electron chi connectivity index (χ4n) is 1.42. The van der Waals surface area contributed by atoms with Crippen LogP contribution in [0.5, 0.6) is 11.5 Å². The summed E-state index contributed by atoms with van der Waals surface area (Å²) in [5.41, 5.74) is 5.28. The van der Waals surface area contributed by atoms with Crippen LogP contribution in [-0.4, -0.2) is 40.2 Å². The number of methoxy groups -OCH3 is 1. The molecule has 0 aliphatic carbocycles. The number of hydrogen-bond acceptors (Lipinski definition) is 5. The third-order valence-corrected chi connectivity index (χ3v) is 4.08. The molecule has 5 nitrogen and oxygen atoms in total. The minimum atomic E-state index is -3.08. The fraction of sp³-hybridized carbons (Fsp3) is 0.500. The molecule has 18 heavy (non-hydrogen) atoms. The van der Waals surface area contributed by atoms with E-state index in [-0.39, 0.29) is 18.1 Å². The van der Waals surface area contributed by atoms with Crippen molar-refractivity contribution < 1.29 is 17.9 Å². The lowest BCUT2D eigenvalue weighted by Gasteiger charge is -2.10. The molecule has 6 heteroatoms. The second-order valence-electron chi connectivity index (χ2n) is 3.79. The normalized spacial score (nSPS) is 11.2. The molecule has 2 N–H and O–H groups in total. The Morgan fingerprint density at radius 2 is 1.83 bits per heavy atom. The third kappa shape index (κ3) is 4.93. The smallest absolute Gasteiger partial charge is 0.161 e. The van der Waals surface area contributed by atoms with Gasteiger partial charge in [-0.1, -0.05) is 12.1 Å². The van der Waals surface area contributed by atoms with Crippen molar-refractivity contribution in [1.82, 2.24) is 0 Å². The van der Waals surface area contributed by atoms with Gasteiger partial charge in [0, 0.05) is 0 Å². The van der Waals surface area contributed by atoms with Crippen LogP contribution < -0.4 is 15.2 Å². The first-order valence-electron chi connectivity index (χ1n) is 5.75. The van der Waals surface area contributed by atoms with Crippen LogP contribution in [0.2, 0.25) is 0 Å². The van der Waals surface area contributed by atoms with Crippen LogP contribution in [0.25, 0.3) is 0 Å². The Kier molecular flexibility index (Phi) is 5.94. The van der Waals surface area contributed by atoms with Crippen LogP contribution in [0.1, 0.15) is 6.42 Å². The zero-order chi connectivity index (χ0) is 13.4. The van der Waals surface area contributed by atoms with E-state index in [1.54, 1.807) is 25.3 Å². The summed E-state index contributed by atoms with van der Waals surface area (Å²) in [5.74, 6) is 1.25. The SMILES string of the molecule is COc1ccccc1OCCS(=O)(=O)CCCN. The van der Waals surface area contributed by atoms with Crippen LogP contribution >= 0.6 is 0 Å². The predicted molar refractivity (Wildman–Crippen MR) is 70.8 cm³/mol. The standard InChI is InChI=1S/C12H19NO4S/c1-16-11-5-2-3-6-12(11)17-8-10-18(14,15)9-4-7-13/h2-3,5-6H,4,7-10,13H2,1H3. The Morgan fingerprint density at radius 1 is 1.17 bits per heavy atom. The van der Waals surface area contributed by atoms with Gasteiger partial charge in [0.2, 0.25) is 0 Å². The highest BCUT2D eigenvalue weighted by molar-refractivity contribution is 7.91. The first-order valence-corrected chi connectivity index (χ1v) is 7.57. The maximum absolute atomic E-state index is 11.6. The second kappa shape index (κ2) is 7.23. The maximum Gasteiger partial charge on any atom is 0.161 e. The topological polar surface area (TPSA) is 78.6 Å². The number of hydrogen-bond donors (Lipinski definition) is 1. The third-order valence-electron chi connectivity index (χ3n) is 2.38. The van der Waals surface area contributed by atoms with Crippen LogP contribution in [0.4, 0.5) is 0 Å². The first-order chi connectivity index (χ1) is 8.59. The average Bonchev–Trinajstić information content (AvgIpc) is 2.37. The van der Waals surface area contributed by atoms with E-state index in [1.165, 1.54) is 0 Å². The number of rotatable bonds is 8. The molecule has 1 aromatic rings. The van der Waals surface area contributed by atoms with Gasteiger partial charge in [0.25, 0.3) is 0 Å². The van der Waals surface area contributed by atoms with Crippen LogP contribution in [0.15, 0.2) is 24.3 Å². The van der Waals surface area contributed by atoms with E-state index in [2.05, 4.69) is 0 Å². The molecule has 0 aliphatic rings. The summed E-state index contributed by atoms with van der Waals surface area (Å²) in [4.78, 5) is 0. The van der Waals surface area contributed by atoms with Gasteiger partial charge < -0.3 is 15.2 Å². The fourth-order valence-corrected chi connectivity index (χ4v) is 2.57. The van der Waals surface area contributed by atoms with E-state index >= 15 is 0 Å². The summed E-state index contributed by atoms with van der Waals surface area (Å²) in [5, 5.41) is 0. The molecule has 0 heterocycles. The summed E-state index contributed by atoms with van der Waals surface area (Å²) in [6.45, 7) is 0.500. The summed E-state index contributed by atoms with van der Waals surface area (Å²) in [7, 11) is -1.54. The van der Waals surface area contributed by atoms with E-state index in [0.717, 1.165) is 0 Å². The summed E-state index contributed by atoms with van der Waals surface area (Å²) in [6, 6.07) is 7.13. The van der Waals surface area contributed by atoms with Crippen molar-refractivity contribution in [1.29, 1.82) is 0 Å². The molecule has 0 unspecified atom stereocenters. The van der Waals surface area contributed by atoms with Crippen LogP contribution in [-0.2, 0) is 9.84 Å². The minimum Gasteiger partial charge on any atom is -0.493 e. The molecule has 0 aliphatic heterocycles. The largest absolute Gasteiger partial charge is 0.493 e. The highest BCUT2D eigenvalue weighted by Gasteiger charge is 2.11. The molecular formula is C12H19NO4S. The Hall–Kier alpha value is -1.27. The lowest BCUT2D eigenvalue weighted by Crippen LogP contribution is -2.19. The number of nitrogens with two attached hydrogens (primary N) is 1. The van der Waals surface area contributed by atoms with Crippen molar-refractivity contribution >= 4 is 9.84 Å². The van der Waals surface area contributed by atoms with E-state index in [4.69, 9.17) is 15.2 Å². The predicted octanol–water partition coefficient (Wildman–Crippen LogP) is 0.838. The van der Waals surface area contributed by atoms with Crippen molar-refractivity contribution in [2.75, 3.05) is 31.8 Å². The zero-order valence-corrected chi connectivity index (χ0v) is 11.3. The zero-order valence-electron chi connectivity index (χ0n) is 10.5. The molecule has 0 aromatic heterocycles. The lowest BCUT2D eigenvalue weighted by molar-refractivity contribution is 0.311. The number of para-hydroxylation sites is 2. The molecule has 0 spiro atoms. The van der Waals surface area contributed by atoms with Gasteiger partial charge in [0.1, 0.15) is 6.61 Å². The van der Waals surface area contributed by atoms with E-state index in [1.807, 2.05) is 6.07 Å². The van der Waals surface area contributed by atoms with Gasteiger partial charge in [-0.05, 0) is 25.1 Å². The van der Waals surface area contributed by atoms with Gasteiger partial charge in [0.15, 0.2) is 21.3 Å². The molecule has 102 valence electrons. The van der Waals surface area contributed by atoms with E-state index in [9.17, 15) is 8.42 Å². The molecule has 0 saturated heterocycles. The summed E-state index contributed by atoms with van der Waals surface area (Å²) >= 11 is 0. The van der Waals surface area contributed by atoms with E-state index in [0.29, 0.717) is 24.5 Å². The van der Waals surface area contributed by atoms with Gasteiger partial charge >= 0.3 is 0 Å². The monoisotopic (exact) mass is 273 g/mol. The quantitative estimate of drug-likeness (QED) is 0.759. The van der Waals surface area contributed by atoms with Crippen LogP contribution in [0.3, 0.4) is 0 Å². The van der Waals surface area contributed by atoms with Crippen molar-refractivity contribution in [3.63, 3.8) is 0 Å². The highest BCUT2D eigenvalue weighted by Crippen LogP contribution is 2.25. The number of sulfone groups is 1. The molecule has 1 rings (SSSR count). The summed E-state index contributed by atoms with van der Waals surface area (Å²) < 4.78 is 33.6. The average molecular weight is 273 g/mol. The van der Waals surface area contributed by atoms with Gasteiger partial charge in [-0.15, -0.1) is 0 Å². The van der Waals surface area contributed by atoms with Crippen molar-refractivity contribution in [2.45, 2.75) is 6.42 Å². The van der Waals surface area contributed by atoms with Crippen molar-refractivity contribution in [3.8, 4) is 11.5 Å². The van der Waals surface area contributed by atoms with Gasteiger partial charge in [0.05, 0.1) is 18.6 Å². The van der Waals surface area contributed by atoms with Gasteiger partial charge in [-0.2, -0.15) is 0 Å². The molecular weight excluding hydrogens is 254 g/mol. The molecule has 0 saturated carbocycles. The van der Waals surface area contributed by atoms with Crippen molar-refractivity contribution in [2.24, 2.45) is 5.73 Å². The molecule has 0 bridgehead atoms. The van der Waals surface area contributed by atoms with Crippen LogP contribution in [0, 0.1) is 0 Å². The first kappa shape index (κ1) is 14.8. The van der Waals surface area contributed by atoms with E-state index < -0.39 is 9.84 Å². The number of ether oxygens (including phenoxy) is 2.